The molecule has 1 amide bonds. The van der Waals surface area contributed by atoms with Gasteiger partial charge >= 0.3 is 0 Å². The molecule has 2 unspecified atom stereocenters. The number of amides is 1. The molecule has 16 heavy (non-hydrogen) atoms. The van der Waals surface area contributed by atoms with Gasteiger partial charge in [0, 0.05) is 12.1 Å². The molecular formula is C13H15NO2. The third kappa shape index (κ3) is 2.14. The van der Waals surface area contributed by atoms with Crippen molar-refractivity contribution in [3.05, 3.63) is 47.7 Å². The van der Waals surface area contributed by atoms with Crippen molar-refractivity contribution in [3.8, 4) is 0 Å². The third-order valence-electron chi connectivity index (χ3n) is 3.00. The molecule has 0 heterocycles. The number of nitrogens with one attached hydrogen (secondary N) is 1. The van der Waals surface area contributed by atoms with E-state index in [9.17, 15) is 9.90 Å². The van der Waals surface area contributed by atoms with Crippen molar-refractivity contribution < 1.29 is 9.90 Å². The normalized spacial score (nSPS) is 24.1. The molecule has 0 saturated carbocycles. The highest BCUT2D eigenvalue weighted by molar-refractivity contribution is 5.48. The minimum absolute atomic E-state index is 0.284. The lowest BCUT2D eigenvalue weighted by molar-refractivity contribution is -0.108. The molecule has 2 atom stereocenters. The zero-order valence-electron chi connectivity index (χ0n) is 8.97. The lowest BCUT2D eigenvalue weighted by Crippen LogP contribution is -2.13. The van der Waals surface area contributed by atoms with Gasteiger partial charge in [0.25, 0.3) is 0 Å². The molecule has 0 radical (unpaired) electrons. The zero-order chi connectivity index (χ0) is 11.4. The van der Waals surface area contributed by atoms with Gasteiger partial charge in [0.15, 0.2) is 0 Å². The van der Waals surface area contributed by atoms with E-state index in [0.717, 1.165) is 24.0 Å². The number of carbonyl (C=O) groups excluding carboxylic acids is 1. The van der Waals surface area contributed by atoms with Gasteiger partial charge in [-0.05, 0) is 24.0 Å². The molecule has 2 rings (SSSR count). The monoisotopic (exact) mass is 217 g/mol. The van der Waals surface area contributed by atoms with Crippen molar-refractivity contribution in [2.45, 2.75) is 24.9 Å². The fourth-order valence-corrected chi connectivity index (χ4v) is 2.21. The molecule has 0 aromatic heterocycles. The highest BCUT2D eigenvalue weighted by atomic mass is 16.3. The molecule has 0 bridgehead atoms. The average Bonchev–Trinajstić information content (AvgIpc) is 2.33. The minimum atomic E-state index is -0.347. The zero-order valence-corrected chi connectivity index (χ0v) is 8.97. The summed E-state index contributed by atoms with van der Waals surface area (Å²) in [6.45, 7) is 0. The Kier molecular flexibility index (Phi) is 3.37. The van der Waals surface area contributed by atoms with Crippen LogP contribution in [0.4, 0.5) is 0 Å². The van der Waals surface area contributed by atoms with Gasteiger partial charge in [0.2, 0.25) is 6.41 Å². The van der Waals surface area contributed by atoms with Gasteiger partial charge in [0.1, 0.15) is 0 Å². The van der Waals surface area contributed by atoms with Crippen LogP contribution >= 0.6 is 0 Å². The van der Waals surface area contributed by atoms with Gasteiger partial charge in [-0.3, -0.25) is 4.79 Å². The quantitative estimate of drug-likeness (QED) is 0.759. The van der Waals surface area contributed by atoms with Gasteiger partial charge < -0.3 is 10.4 Å². The molecule has 84 valence electrons. The van der Waals surface area contributed by atoms with Crippen LogP contribution in [0.5, 0.6) is 0 Å². The van der Waals surface area contributed by atoms with E-state index in [2.05, 4.69) is 5.32 Å². The van der Waals surface area contributed by atoms with Gasteiger partial charge in [0.05, 0.1) is 6.10 Å². The van der Waals surface area contributed by atoms with Crippen molar-refractivity contribution in [1.29, 1.82) is 0 Å². The van der Waals surface area contributed by atoms with Crippen LogP contribution in [0.25, 0.3) is 0 Å². The average molecular weight is 217 g/mol. The van der Waals surface area contributed by atoms with E-state index < -0.39 is 0 Å². The first kappa shape index (κ1) is 10.9. The molecule has 1 aromatic rings. The summed E-state index contributed by atoms with van der Waals surface area (Å²) in [6.07, 6.45) is 5.62. The van der Waals surface area contributed by atoms with Crippen LogP contribution in [0.1, 0.15) is 36.0 Å². The van der Waals surface area contributed by atoms with E-state index in [1.807, 2.05) is 30.3 Å². The molecule has 1 aliphatic rings. The summed E-state index contributed by atoms with van der Waals surface area (Å²) in [7, 11) is 0. The summed E-state index contributed by atoms with van der Waals surface area (Å²) < 4.78 is 0. The van der Waals surface area contributed by atoms with E-state index >= 15 is 0 Å². The SMILES string of the molecule is O=CNC=CC1CCC(O)c2ccccc21. The highest BCUT2D eigenvalue weighted by Crippen LogP contribution is 2.37. The fraction of sp³-hybridized carbons (Fsp3) is 0.308. The fourth-order valence-electron chi connectivity index (χ4n) is 2.21. The summed E-state index contributed by atoms with van der Waals surface area (Å²) in [4.78, 5) is 10.1. The molecule has 3 heteroatoms. The van der Waals surface area contributed by atoms with Crippen molar-refractivity contribution in [2.24, 2.45) is 0 Å². The van der Waals surface area contributed by atoms with Crippen LogP contribution in [-0.4, -0.2) is 11.5 Å². The molecular weight excluding hydrogens is 202 g/mol. The van der Waals surface area contributed by atoms with Crippen molar-refractivity contribution >= 4 is 6.41 Å². The predicted octanol–water partition coefficient (Wildman–Crippen LogP) is 1.86. The van der Waals surface area contributed by atoms with Crippen molar-refractivity contribution in [1.82, 2.24) is 5.32 Å². The Labute approximate surface area is 94.8 Å². The molecule has 0 saturated heterocycles. The minimum Gasteiger partial charge on any atom is -0.388 e. The molecule has 0 fully saturated rings. The topological polar surface area (TPSA) is 49.3 Å². The Morgan fingerprint density at radius 3 is 2.75 bits per heavy atom. The van der Waals surface area contributed by atoms with Crippen LogP contribution < -0.4 is 5.32 Å². The lowest BCUT2D eigenvalue weighted by Gasteiger charge is -2.26. The summed E-state index contributed by atoms with van der Waals surface area (Å²) in [6, 6.07) is 7.92. The van der Waals surface area contributed by atoms with Gasteiger partial charge in [-0.25, -0.2) is 0 Å². The molecule has 0 spiro atoms. The van der Waals surface area contributed by atoms with E-state index in [0.29, 0.717) is 6.41 Å². The summed E-state index contributed by atoms with van der Waals surface area (Å²) in [5.41, 5.74) is 2.17. The number of rotatable bonds is 3. The smallest absolute Gasteiger partial charge is 0.211 e. The van der Waals surface area contributed by atoms with Crippen molar-refractivity contribution in [3.63, 3.8) is 0 Å². The maximum Gasteiger partial charge on any atom is 0.211 e. The highest BCUT2D eigenvalue weighted by Gasteiger charge is 2.23. The summed E-state index contributed by atoms with van der Waals surface area (Å²) >= 11 is 0. The van der Waals surface area contributed by atoms with E-state index in [1.165, 1.54) is 0 Å². The summed E-state index contributed by atoms with van der Waals surface area (Å²) in [5.74, 6) is 0.284. The summed E-state index contributed by atoms with van der Waals surface area (Å²) in [5, 5.41) is 12.4. The molecule has 3 nitrogen and oxygen atoms in total. The van der Waals surface area contributed by atoms with Crippen LogP contribution in [0.3, 0.4) is 0 Å². The number of carbonyl (C=O) groups is 1. The van der Waals surface area contributed by atoms with Gasteiger partial charge in [-0.1, -0.05) is 30.3 Å². The number of aliphatic hydroxyl groups is 1. The standard InChI is InChI=1S/C13H15NO2/c15-9-14-8-7-10-5-6-13(16)12-4-2-1-3-11(10)12/h1-4,7-10,13,16H,5-6H2,(H,14,15). The van der Waals surface area contributed by atoms with Crippen LogP contribution in [0.15, 0.2) is 36.5 Å². The van der Waals surface area contributed by atoms with Crippen LogP contribution in [-0.2, 0) is 4.79 Å². The number of fused-ring (bicyclic) bond motifs is 1. The first-order chi connectivity index (χ1) is 7.83. The van der Waals surface area contributed by atoms with Crippen LogP contribution in [0.2, 0.25) is 0 Å². The number of allylic oxidation sites excluding steroid dienone is 1. The number of hydrogen-bond acceptors (Lipinski definition) is 2. The van der Waals surface area contributed by atoms with Crippen LogP contribution in [0, 0.1) is 0 Å². The number of aliphatic hydroxyl groups excluding tert-OH is 1. The molecule has 1 aromatic carbocycles. The van der Waals surface area contributed by atoms with E-state index in [1.54, 1.807) is 6.20 Å². The Morgan fingerprint density at radius 2 is 2.00 bits per heavy atom. The molecule has 0 aliphatic heterocycles. The Hall–Kier alpha value is -1.61. The van der Waals surface area contributed by atoms with E-state index in [4.69, 9.17) is 0 Å². The second kappa shape index (κ2) is 4.94. The first-order valence-electron chi connectivity index (χ1n) is 5.46. The second-order valence-electron chi connectivity index (χ2n) is 3.97. The van der Waals surface area contributed by atoms with Crippen molar-refractivity contribution in [2.75, 3.05) is 0 Å². The molecule has 2 N–H and O–H groups in total. The third-order valence-corrected chi connectivity index (χ3v) is 3.00. The predicted molar refractivity (Wildman–Crippen MR) is 61.7 cm³/mol. The van der Waals surface area contributed by atoms with Gasteiger partial charge in [-0.2, -0.15) is 0 Å². The first-order valence-corrected chi connectivity index (χ1v) is 5.46. The maximum absolute atomic E-state index is 10.1. The number of benzene rings is 1. The lowest BCUT2D eigenvalue weighted by atomic mass is 9.81. The Morgan fingerprint density at radius 1 is 1.25 bits per heavy atom. The van der Waals surface area contributed by atoms with Gasteiger partial charge in [-0.15, -0.1) is 0 Å². The van der Waals surface area contributed by atoms with E-state index in [-0.39, 0.29) is 12.0 Å². The maximum atomic E-state index is 10.1. The Balaban J connectivity index is 2.24. The Bertz CT molecular complexity index is 401. The number of hydrogen-bond donors (Lipinski definition) is 2. The molecule has 1 aliphatic carbocycles. The largest absolute Gasteiger partial charge is 0.388 e. The second-order valence-corrected chi connectivity index (χ2v) is 3.97.